The molecule has 2 N–H and O–H groups in total. The lowest BCUT2D eigenvalue weighted by Crippen LogP contribution is -2.11. The molecule has 0 amide bonds. The molecule has 0 saturated heterocycles. The number of benzene rings is 1. The number of aromatic nitrogens is 2. The highest BCUT2D eigenvalue weighted by Crippen LogP contribution is 2.18. The van der Waals surface area contributed by atoms with Crippen LogP contribution in [0.5, 0.6) is 5.75 Å². The maximum Gasteiger partial charge on any atom is 0.224 e. The summed E-state index contributed by atoms with van der Waals surface area (Å²) in [7, 11) is 3.33. The van der Waals surface area contributed by atoms with E-state index in [0.717, 1.165) is 17.1 Å². The number of hydrogen-bond donors (Lipinski definition) is 2. The third-order valence-electron chi connectivity index (χ3n) is 2.90. The standard InChI is InChI=1S/C15H20N4O2/c1-20-10-9-17-15-16-8-7-14(19-15)18-11-12-5-3-4-6-13(12)21-2/h3-8H,9-11H2,1-2H3,(H2,16,17,18,19). The maximum absolute atomic E-state index is 5.32. The van der Waals surface area contributed by atoms with E-state index in [1.54, 1.807) is 20.4 Å². The van der Waals surface area contributed by atoms with Crippen LogP contribution in [0, 0.1) is 0 Å². The van der Waals surface area contributed by atoms with Crippen molar-refractivity contribution in [2.75, 3.05) is 38.0 Å². The Hall–Kier alpha value is -2.34. The molecule has 1 aromatic heterocycles. The molecular weight excluding hydrogens is 268 g/mol. The second-order valence-electron chi connectivity index (χ2n) is 4.35. The molecule has 0 bridgehead atoms. The molecule has 2 rings (SSSR count). The first-order chi connectivity index (χ1) is 10.3. The molecule has 2 aromatic rings. The Morgan fingerprint density at radius 2 is 1.95 bits per heavy atom. The minimum Gasteiger partial charge on any atom is -0.496 e. The maximum atomic E-state index is 5.32. The van der Waals surface area contributed by atoms with Gasteiger partial charge in [-0.25, -0.2) is 4.98 Å². The van der Waals surface area contributed by atoms with E-state index in [2.05, 4.69) is 20.6 Å². The van der Waals surface area contributed by atoms with E-state index >= 15 is 0 Å². The largest absolute Gasteiger partial charge is 0.496 e. The van der Waals surface area contributed by atoms with E-state index < -0.39 is 0 Å². The normalized spacial score (nSPS) is 10.2. The van der Waals surface area contributed by atoms with Crippen LogP contribution in [0.3, 0.4) is 0 Å². The van der Waals surface area contributed by atoms with Crippen LogP contribution in [0.15, 0.2) is 36.5 Å². The molecule has 6 nitrogen and oxygen atoms in total. The minimum absolute atomic E-state index is 0.581. The molecule has 0 aliphatic carbocycles. The first-order valence-corrected chi connectivity index (χ1v) is 6.75. The van der Waals surface area contributed by atoms with Crippen LogP contribution in [-0.4, -0.2) is 37.3 Å². The van der Waals surface area contributed by atoms with Gasteiger partial charge in [-0.2, -0.15) is 4.98 Å². The molecule has 112 valence electrons. The second kappa shape index (κ2) is 8.06. The zero-order valence-electron chi connectivity index (χ0n) is 12.3. The third-order valence-corrected chi connectivity index (χ3v) is 2.90. The predicted molar refractivity (Wildman–Crippen MR) is 82.7 cm³/mol. The molecule has 0 aliphatic rings. The Kier molecular flexibility index (Phi) is 5.78. The van der Waals surface area contributed by atoms with Gasteiger partial charge in [0.2, 0.25) is 5.95 Å². The van der Waals surface area contributed by atoms with Gasteiger partial charge in [0.15, 0.2) is 0 Å². The predicted octanol–water partition coefficient (Wildman–Crippen LogP) is 2.16. The molecule has 0 aliphatic heterocycles. The van der Waals surface area contributed by atoms with E-state index in [9.17, 15) is 0 Å². The van der Waals surface area contributed by atoms with Crippen molar-refractivity contribution < 1.29 is 9.47 Å². The van der Waals surface area contributed by atoms with Crippen LogP contribution < -0.4 is 15.4 Å². The van der Waals surface area contributed by atoms with Crippen LogP contribution in [0.4, 0.5) is 11.8 Å². The van der Waals surface area contributed by atoms with E-state index in [-0.39, 0.29) is 0 Å². The Bertz CT molecular complexity index is 563. The first-order valence-electron chi connectivity index (χ1n) is 6.75. The van der Waals surface area contributed by atoms with E-state index in [1.165, 1.54) is 0 Å². The molecule has 0 atom stereocenters. The number of rotatable bonds is 8. The van der Waals surface area contributed by atoms with Gasteiger partial charge < -0.3 is 20.1 Å². The number of anilines is 2. The fourth-order valence-electron chi connectivity index (χ4n) is 1.84. The quantitative estimate of drug-likeness (QED) is 0.726. The molecule has 0 saturated carbocycles. The highest BCUT2D eigenvalue weighted by Gasteiger charge is 2.03. The van der Waals surface area contributed by atoms with Crippen molar-refractivity contribution in [1.82, 2.24) is 9.97 Å². The van der Waals surface area contributed by atoms with Crippen molar-refractivity contribution in [1.29, 1.82) is 0 Å². The molecule has 1 aromatic carbocycles. The van der Waals surface area contributed by atoms with Crippen molar-refractivity contribution in [2.24, 2.45) is 0 Å². The lowest BCUT2D eigenvalue weighted by atomic mass is 10.2. The Morgan fingerprint density at radius 1 is 1.10 bits per heavy atom. The first kappa shape index (κ1) is 15.1. The number of methoxy groups -OCH3 is 2. The topological polar surface area (TPSA) is 68.3 Å². The SMILES string of the molecule is COCCNc1nccc(NCc2ccccc2OC)n1. The van der Waals surface area contributed by atoms with Crippen molar-refractivity contribution >= 4 is 11.8 Å². The lowest BCUT2D eigenvalue weighted by Gasteiger charge is -2.10. The van der Waals surface area contributed by atoms with Gasteiger partial charge >= 0.3 is 0 Å². The van der Waals surface area contributed by atoms with E-state index in [0.29, 0.717) is 25.6 Å². The summed E-state index contributed by atoms with van der Waals surface area (Å²) in [6.45, 7) is 1.92. The van der Waals surface area contributed by atoms with Crippen LogP contribution in [0.25, 0.3) is 0 Å². The fraction of sp³-hybridized carbons (Fsp3) is 0.333. The fourth-order valence-corrected chi connectivity index (χ4v) is 1.84. The van der Waals surface area contributed by atoms with Gasteiger partial charge in [0, 0.05) is 32.0 Å². The van der Waals surface area contributed by atoms with Crippen molar-refractivity contribution in [3.8, 4) is 5.75 Å². The van der Waals surface area contributed by atoms with Crippen LogP contribution in [0.2, 0.25) is 0 Å². The highest BCUT2D eigenvalue weighted by atomic mass is 16.5. The minimum atomic E-state index is 0.581. The number of ether oxygens (including phenoxy) is 2. The molecule has 0 unspecified atom stereocenters. The van der Waals surface area contributed by atoms with Crippen LogP contribution in [0.1, 0.15) is 5.56 Å². The highest BCUT2D eigenvalue weighted by molar-refractivity contribution is 5.42. The van der Waals surface area contributed by atoms with Crippen LogP contribution >= 0.6 is 0 Å². The average molecular weight is 288 g/mol. The van der Waals surface area contributed by atoms with Crippen molar-refractivity contribution in [3.63, 3.8) is 0 Å². The summed E-state index contributed by atoms with van der Waals surface area (Å²) in [4.78, 5) is 8.54. The van der Waals surface area contributed by atoms with Gasteiger partial charge in [-0.3, -0.25) is 0 Å². The van der Waals surface area contributed by atoms with Crippen LogP contribution in [-0.2, 0) is 11.3 Å². The number of para-hydroxylation sites is 1. The molecule has 0 radical (unpaired) electrons. The summed E-state index contributed by atoms with van der Waals surface area (Å²) in [5.41, 5.74) is 1.08. The van der Waals surface area contributed by atoms with Gasteiger partial charge in [-0.1, -0.05) is 18.2 Å². The van der Waals surface area contributed by atoms with Gasteiger partial charge in [0.1, 0.15) is 11.6 Å². The number of nitrogens with zero attached hydrogens (tertiary/aromatic N) is 2. The molecular formula is C15H20N4O2. The van der Waals surface area contributed by atoms with E-state index in [4.69, 9.17) is 9.47 Å². The Balaban J connectivity index is 1.95. The molecule has 21 heavy (non-hydrogen) atoms. The number of nitrogens with one attached hydrogen (secondary N) is 2. The zero-order valence-corrected chi connectivity index (χ0v) is 12.3. The lowest BCUT2D eigenvalue weighted by molar-refractivity contribution is 0.210. The monoisotopic (exact) mass is 288 g/mol. The summed E-state index contributed by atoms with van der Waals surface area (Å²) in [5.74, 6) is 2.20. The van der Waals surface area contributed by atoms with Crippen molar-refractivity contribution in [2.45, 2.75) is 6.54 Å². The average Bonchev–Trinajstić information content (AvgIpc) is 2.54. The number of hydrogen-bond acceptors (Lipinski definition) is 6. The molecule has 0 fully saturated rings. The summed E-state index contributed by atoms with van der Waals surface area (Å²) >= 11 is 0. The zero-order chi connectivity index (χ0) is 14.9. The van der Waals surface area contributed by atoms with Gasteiger partial charge in [0.25, 0.3) is 0 Å². The summed E-state index contributed by atoms with van der Waals surface area (Å²) in [6, 6.07) is 9.72. The molecule has 0 spiro atoms. The Labute approximate surface area is 124 Å². The van der Waals surface area contributed by atoms with Gasteiger partial charge in [-0.05, 0) is 12.1 Å². The van der Waals surface area contributed by atoms with Gasteiger partial charge in [-0.15, -0.1) is 0 Å². The van der Waals surface area contributed by atoms with Crippen molar-refractivity contribution in [3.05, 3.63) is 42.1 Å². The van der Waals surface area contributed by atoms with Gasteiger partial charge in [0.05, 0.1) is 13.7 Å². The summed E-state index contributed by atoms with van der Waals surface area (Å²) in [6.07, 6.45) is 1.71. The Morgan fingerprint density at radius 3 is 2.76 bits per heavy atom. The summed E-state index contributed by atoms with van der Waals surface area (Å²) in [5, 5.41) is 6.36. The van der Waals surface area contributed by atoms with E-state index in [1.807, 2.05) is 30.3 Å². The smallest absolute Gasteiger partial charge is 0.224 e. The molecule has 1 heterocycles. The third kappa shape index (κ3) is 4.61. The summed E-state index contributed by atoms with van der Waals surface area (Å²) < 4.78 is 10.3. The molecule has 6 heteroatoms. The second-order valence-corrected chi connectivity index (χ2v) is 4.35.